The van der Waals surface area contributed by atoms with Crippen LogP contribution in [0.15, 0.2) is 54.6 Å². The van der Waals surface area contributed by atoms with Gasteiger partial charge >= 0.3 is 0 Å². The van der Waals surface area contributed by atoms with Gasteiger partial charge in [-0.15, -0.1) is 11.3 Å². The molecule has 1 aliphatic rings. The Bertz CT molecular complexity index is 956. The van der Waals surface area contributed by atoms with E-state index < -0.39 is 0 Å². The maximum absolute atomic E-state index is 13.0. The van der Waals surface area contributed by atoms with Gasteiger partial charge < -0.3 is 9.64 Å². The van der Waals surface area contributed by atoms with Crippen molar-refractivity contribution in [3.8, 4) is 5.75 Å². The molecular formula is C23H24N2O2S. The molecule has 0 aliphatic heterocycles. The number of methoxy groups -OCH3 is 1. The summed E-state index contributed by atoms with van der Waals surface area (Å²) in [4.78, 5) is 19.6. The molecule has 1 atom stereocenters. The molecule has 2 aromatic carbocycles. The largest absolute Gasteiger partial charge is 0.497 e. The van der Waals surface area contributed by atoms with Gasteiger partial charge in [-0.25, -0.2) is 4.98 Å². The number of amides is 1. The molecule has 4 nitrogen and oxygen atoms in total. The third-order valence-electron chi connectivity index (χ3n) is 5.27. The molecule has 28 heavy (non-hydrogen) atoms. The Morgan fingerprint density at radius 2 is 2.00 bits per heavy atom. The maximum Gasteiger partial charge on any atom is 0.247 e. The highest BCUT2D eigenvalue weighted by Crippen LogP contribution is 2.36. The van der Waals surface area contributed by atoms with Crippen molar-refractivity contribution in [1.29, 1.82) is 0 Å². The highest BCUT2D eigenvalue weighted by atomic mass is 32.1. The van der Waals surface area contributed by atoms with Gasteiger partial charge in [0.1, 0.15) is 10.8 Å². The average molecular weight is 393 g/mol. The number of fused-ring (bicyclic) bond motifs is 1. The molecule has 1 fully saturated rings. The number of aromatic nitrogens is 1. The fourth-order valence-electron chi connectivity index (χ4n) is 3.38. The standard InChI is InChI=1S/C23H24N2O2S/c1-16(18-9-10-18)25(15-17-7-11-19(27-2)12-8-17)23(26)14-13-22-24-20-5-3-4-6-21(20)28-22/h3-8,11-14,16,18H,9-10,15H2,1-2H3. The second-order valence-electron chi connectivity index (χ2n) is 7.25. The van der Waals surface area contributed by atoms with E-state index in [9.17, 15) is 4.79 Å². The number of benzene rings is 2. The summed E-state index contributed by atoms with van der Waals surface area (Å²) in [6.45, 7) is 2.76. The predicted octanol–water partition coefficient (Wildman–Crippen LogP) is 5.15. The van der Waals surface area contributed by atoms with Crippen molar-refractivity contribution in [1.82, 2.24) is 9.88 Å². The third kappa shape index (κ3) is 4.25. The van der Waals surface area contributed by atoms with Crippen molar-refractivity contribution in [3.05, 3.63) is 65.2 Å². The van der Waals surface area contributed by atoms with Gasteiger partial charge in [0, 0.05) is 18.7 Å². The zero-order valence-corrected chi connectivity index (χ0v) is 17.0. The van der Waals surface area contributed by atoms with Gasteiger partial charge in [0.15, 0.2) is 0 Å². The Morgan fingerprint density at radius 1 is 1.25 bits per heavy atom. The first-order valence-electron chi connectivity index (χ1n) is 9.61. The number of carbonyl (C=O) groups is 1. The van der Waals surface area contributed by atoms with Crippen molar-refractivity contribution < 1.29 is 9.53 Å². The van der Waals surface area contributed by atoms with Gasteiger partial charge in [-0.05, 0) is 61.6 Å². The van der Waals surface area contributed by atoms with Crippen molar-refractivity contribution in [2.75, 3.05) is 7.11 Å². The first-order valence-corrected chi connectivity index (χ1v) is 10.4. The number of carbonyl (C=O) groups excluding carboxylic acids is 1. The van der Waals surface area contributed by atoms with Crippen molar-refractivity contribution in [2.45, 2.75) is 32.4 Å². The van der Waals surface area contributed by atoms with Gasteiger partial charge in [0.25, 0.3) is 0 Å². The first kappa shape index (κ1) is 18.7. The van der Waals surface area contributed by atoms with E-state index in [1.165, 1.54) is 12.8 Å². The van der Waals surface area contributed by atoms with Crippen molar-refractivity contribution >= 4 is 33.5 Å². The van der Waals surface area contributed by atoms with Crippen LogP contribution in [-0.2, 0) is 11.3 Å². The molecule has 144 valence electrons. The number of thiazole rings is 1. The molecule has 0 radical (unpaired) electrons. The lowest BCUT2D eigenvalue weighted by Crippen LogP contribution is -2.38. The number of ether oxygens (including phenoxy) is 1. The lowest BCUT2D eigenvalue weighted by molar-refractivity contribution is -0.129. The molecule has 1 amide bonds. The molecule has 3 aromatic rings. The molecule has 0 bridgehead atoms. The average Bonchev–Trinajstić information content (AvgIpc) is 3.49. The van der Waals surface area contributed by atoms with Crippen molar-refractivity contribution in [3.63, 3.8) is 0 Å². The van der Waals surface area contributed by atoms with E-state index in [1.807, 2.05) is 53.4 Å². The van der Waals surface area contributed by atoms with Gasteiger partial charge in [-0.2, -0.15) is 0 Å². The fraction of sp³-hybridized carbons (Fsp3) is 0.304. The van der Waals surface area contributed by atoms with E-state index in [4.69, 9.17) is 4.74 Å². The molecule has 1 aliphatic carbocycles. The first-order chi connectivity index (χ1) is 13.6. The second kappa shape index (κ2) is 8.15. The minimum atomic E-state index is 0.0366. The van der Waals surface area contributed by atoms with Crippen molar-refractivity contribution in [2.24, 2.45) is 5.92 Å². The number of hydrogen-bond acceptors (Lipinski definition) is 4. The highest BCUT2D eigenvalue weighted by molar-refractivity contribution is 7.19. The van der Waals surface area contributed by atoms with Gasteiger partial charge in [0.05, 0.1) is 17.3 Å². The zero-order chi connectivity index (χ0) is 19.5. The normalized spacial score (nSPS) is 15.1. The summed E-state index contributed by atoms with van der Waals surface area (Å²) < 4.78 is 6.37. The smallest absolute Gasteiger partial charge is 0.247 e. The van der Waals surface area contributed by atoms with Crippen LogP contribution in [0.1, 0.15) is 30.3 Å². The molecule has 1 saturated carbocycles. The van der Waals surface area contributed by atoms with Gasteiger partial charge in [-0.1, -0.05) is 24.3 Å². The van der Waals surface area contributed by atoms with Crippen LogP contribution < -0.4 is 4.74 Å². The lowest BCUT2D eigenvalue weighted by atomic mass is 10.1. The van der Waals surface area contributed by atoms with E-state index >= 15 is 0 Å². The number of para-hydroxylation sites is 1. The number of rotatable bonds is 7. The van der Waals surface area contributed by atoms with Gasteiger partial charge in [0.2, 0.25) is 5.91 Å². The Kier molecular flexibility index (Phi) is 5.44. The molecule has 4 rings (SSSR count). The maximum atomic E-state index is 13.0. The van der Waals surface area contributed by atoms with Crippen LogP contribution in [0, 0.1) is 5.92 Å². The Labute approximate surface area is 169 Å². The van der Waals surface area contributed by atoms with E-state index in [0.29, 0.717) is 12.5 Å². The Morgan fingerprint density at radius 3 is 2.68 bits per heavy atom. The van der Waals surface area contributed by atoms with E-state index in [2.05, 4.69) is 18.0 Å². The zero-order valence-electron chi connectivity index (χ0n) is 16.2. The summed E-state index contributed by atoms with van der Waals surface area (Å²) in [5.74, 6) is 1.47. The van der Waals surface area contributed by atoms with E-state index in [0.717, 1.165) is 26.5 Å². The summed E-state index contributed by atoms with van der Waals surface area (Å²) in [5, 5.41) is 0.859. The predicted molar refractivity (Wildman–Crippen MR) is 114 cm³/mol. The molecule has 5 heteroatoms. The summed E-state index contributed by atoms with van der Waals surface area (Å²) in [5.41, 5.74) is 2.08. The molecule has 0 saturated heterocycles. The minimum absolute atomic E-state index is 0.0366. The SMILES string of the molecule is COc1ccc(CN(C(=O)C=Cc2nc3ccccc3s2)C(C)C2CC2)cc1. The summed E-state index contributed by atoms with van der Waals surface area (Å²) in [6, 6.07) is 16.2. The molecule has 1 heterocycles. The summed E-state index contributed by atoms with van der Waals surface area (Å²) >= 11 is 1.60. The number of hydrogen-bond donors (Lipinski definition) is 0. The topological polar surface area (TPSA) is 42.4 Å². The summed E-state index contributed by atoms with van der Waals surface area (Å²) in [6.07, 6.45) is 5.91. The Hall–Kier alpha value is -2.66. The van der Waals surface area contributed by atoms with Crippen LogP contribution in [0.25, 0.3) is 16.3 Å². The van der Waals surface area contributed by atoms with Crippen LogP contribution in [0.5, 0.6) is 5.75 Å². The van der Waals surface area contributed by atoms with E-state index in [-0.39, 0.29) is 11.9 Å². The van der Waals surface area contributed by atoms with Crippen LogP contribution in [-0.4, -0.2) is 28.9 Å². The monoisotopic (exact) mass is 392 g/mol. The molecule has 0 N–H and O–H groups in total. The second-order valence-corrected chi connectivity index (χ2v) is 8.31. The minimum Gasteiger partial charge on any atom is -0.497 e. The van der Waals surface area contributed by atoms with Crippen LogP contribution in [0.4, 0.5) is 0 Å². The Balaban J connectivity index is 1.51. The lowest BCUT2D eigenvalue weighted by Gasteiger charge is -2.28. The van der Waals surface area contributed by atoms with Crippen LogP contribution in [0.2, 0.25) is 0 Å². The molecule has 0 spiro atoms. The molecule has 1 aromatic heterocycles. The van der Waals surface area contributed by atoms with Crippen LogP contribution in [0.3, 0.4) is 0 Å². The quantitative estimate of drug-likeness (QED) is 0.523. The molecule has 1 unspecified atom stereocenters. The fourth-order valence-corrected chi connectivity index (χ4v) is 4.25. The number of nitrogens with zero attached hydrogens (tertiary/aromatic N) is 2. The third-order valence-corrected chi connectivity index (χ3v) is 6.27. The van der Waals surface area contributed by atoms with E-state index in [1.54, 1.807) is 24.5 Å². The van der Waals surface area contributed by atoms with Crippen LogP contribution >= 0.6 is 11.3 Å². The summed E-state index contributed by atoms with van der Waals surface area (Å²) in [7, 11) is 1.66. The van der Waals surface area contributed by atoms with Gasteiger partial charge in [-0.3, -0.25) is 4.79 Å². The highest BCUT2D eigenvalue weighted by Gasteiger charge is 2.33. The molecular weight excluding hydrogens is 368 g/mol.